The molecule has 25 heavy (non-hydrogen) atoms. The second-order valence-corrected chi connectivity index (χ2v) is 6.02. The fraction of sp³-hybridized carbons (Fsp3) is 0.350. The van der Waals surface area contributed by atoms with Gasteiger partial charge in [0.05, 0.1) is 5.69 Å². The molecule has 0 aliphatic carbocycles. The zero-order chi connectivity index (χ0) is 18.1. The van der Waals surface area contributed by atoms with Gasteiger partial charge in [-0.05, 0) is 43.0 Å². The number of hydrogen-bond donors (Lipinski definition) is 1. The number of nitrogens with one attached hydrogen (secondary N) is 1. The lowest BCUT2D eigenvalue weighted by molar-refractivity contribution is 0.182. The number of carbonyl (C=O) groups excluding carboxylic acids is 1. The van der Waals surface area contributed by atoms with Crippen LogP contribution in [0.1, 0.15) is 24.0 Å². The maximum absolute atomic E-state index is 13.9. The van der Waals surface area contributed by atoms with E-state index in [4.69, 9.17) is 4.74 Å². The zero-order valence-electron chi connectivity index (χ0n) is 14.8. The van der Waals surface area contributed by atoms with Crippen molar-refractivity contribution in [3.8, 4) is 0 Å². The number of urea groups is 1. The third-order valence-electron chi connectivity index (χ3n) is 3.89. The molecule has 0 aliphatic heterocycles. The van der Waals surface area contributed by atoms with E-state index >= 15 is 0 Å². The third-order valence-corrected chi connectivity index (χ3v) is 3.89. The normalized spacial score (nSPS) is 10.5. The SMILES string of the molecule is COCCCCN(Cc1ccccc1)C(=O)Nc1cc(C)ccc1F. The molecular weight excluding hydrogens is 319 g/mol. The molecule has 0 atom stereocenters. The van der Waals surface area contributed by atoms with Crippen LogP contribution in [0.15, 0.2) is 48.5 Å². The van der Waals surface area contributed by atoms with Crippen LogP contribution in [0.2, 0.25) is 0 Å². The lowest BCUT2D eigenvalue weighted by atomic mass is 10.2. The van der Waals surface area contributed by atoms with Gasteiger partial charge in [-0.15, -0.1) is 0 Å². The van der Waals surface area contributed by atoms with E-state index in [1.165, 1.54) is 6.07 Å². The lowest BCUT2D eigenvalue weighted by Crippen LogP contribution is -2.35. The minimum atomic E-state index is -0.432. The second-order valence-electron chi connectivity index (χ2n) is 6.02. The number of aryl methyl sites for hydroxylation is 1. The standard InChI is InChI=1S/C20H25FN2O2/c1-16-10-11-18(21)19(14-16)22-20(24)23(12-6-7-13-25-2)15-17-8-4-3-5-9-17/h3-5,8-11,14H,6-7,12-13,15H2,1-2H3,(H,22,24). The Kier molecular flexibility index (Phi) is 7.41. The van der Waals surface area contributed by atoms with Gasteiger partial charge in [-0.25, -0.2) is 9.18 Å². The molecule has 0 unspecified atom stereocenters. The quantitative estimate of drug-likeness (QED) is 0.711. The van der Waals surface area contributed by atoms with Gasteiger partial charge in [0.15, 0.2) is 0 Å². The summed E-state index contributed by atoms with van der Waals surface area (Å²) in [5.74, 6) is -0.432. The van der Waals surface area contributed by atoms with Crippen LogP contribution in [0.3, 0.4) is 0 Å². The molecule has 4 nitrogen and oxygen atoms in total. The van der Waals surface area contributed by atoms with Gasteiger partial charge in [-0.2, -0.15) is 0 Å². The first-order valence-corrected chi connectivity index (χ1v) is 8.45. The number of nitrogens with zero attached hydrogens (tertiary/aromatic N) is 1. The van der Waals surface area contributed by atoms with Gasteiger partial charge in [-0.3, -0.25) is 0 Å². The molecule has 0 radical (unpaired) electrons. The molecule has 2 aromatic carbocycles. The molecule has 2 rings (SSSR count). The molecule has 2 amide bonds. The number of rotatable bonds is 8. The molecule has 134 valence electrons. The number of unbranched alkanes of at least 4 members (excludes halogenated alkanes) is 1. The van der Waals surface area contributed by atoms with Crippen molar-refractivity contribution in [2.75, 3.05) is 25.6 Å². The van der Waals surface area contributed by atoms with Gasteiger partial charge >= 0.3 is 6.03 Å². The molecule has 0 bridgehead atoms. The van der Waals surface area contributed by atoms with Crippen LogP contribution in [-0.2, 0) is 11.3 Å². The maximum atomic E-state index is 13.9. The second kappa shape index (κ2) is 9.79. The van der Waals surface area contributed by atoms with Gasteiger partial charge in [0.2, 0.25) is 0 Å². The van der Waals surface area contributed by atoms with Crippen molar-refractivity contribution in [3.05, 3.63) is 65.5 Å². The van der Waals surface area contributed by atoms with Crippen LogP contribution in [0.5, 0.6) is 0 Å². The molecule has 0 fully saturated rings. The summed E-state index contributed by atoms with van der Waals surface area (Å²) in [5.41, 5.74) is 2.14. The number of ether oxygens (including phenoxy) is 1. The molecule has 0 aliphatic rings. The fourth-order valence-electron chi connectivity index (χ4n) is 2.53. The highest BCUT2D eigenvalue weighted by molar-refractivity contribution is 5.89. The minimum absolute atomic E-state index is 0.208. The first kappa shape index (κ1) is 18.9. The van der Waals surface area contributed by atoms with E-state index in [0.29, 0.717) is 19.7 Å². The van der Waals surface area contributed by atoms with Gasteiger partial charge in [0.25, 0.3) is 0 Å². The zero-order valence-corrected chi connectivity index (χ0v) is 14.8. The number of methoxy groups -OCH3 is 1. The summed E-state index contributed by atoms with van der Waals surface area (Å²) in [6, 6.07) is 14.2. The Labute approximate surface area is 148 Å². The average molecular weight is 344 g/mol. The smallest absolute Gasteiger partial charge is 0.322 e. The first-order chi connectivity index (χ1) is 12.1. The van der Waals surface area contributed by atoms with Crippen molar-refractivity contribution in [1.82, 2.24) is 4.90 Å². The van der Waals surface area contributed by atoms with Gasteiger partial charge in [-0.1, -0.05) is 36.4 Å². The predicted molar refractivity (Wildman–Crippen MR) is 98.1 cm³/mol. The number of benzene rings is 2. The third kappa shape index (κ3) is 6.19. The summed E-state index contributed by atoms with van der Waals surface area (Å²) < 4.78 is 19.0. The first-order valence-electron chi connectivity index (χ1n) is 8.45. The highest BCUT2D eigenvalue weighted by atomic mass is 19.1. The van der Waals surface area contributed by atoms with E-state index in [0.717, 1.165) is 24.0 Å². The Balaban J connectivity index is 2.06. The van der Waals surface area contributed by atoms with E-state index in [9.17, 15) is 9.18 Å². The van der Waals surface area contributed by atoms with Crippen LogP contribution in [0.25, 0.3) is 0 Å². The summed E-state index contributed by atoms with van der Waals surface area (Å²) in [6.45, 7) is 3.58. The Morgan fingerprint density at radius 3 is 2.64 bits per heavy atom. The van der Waals surface area contributed by atoms with E-state index in [1.54, 1.807) is 24.1 Å². The predicted octanol–water partition coefficient (Wildman–Crippen LogP) is 4.59. The Morgan fingerprint density at radius 1 is 1.16 bits per heavy atom. The summed E-state index contributed by atoms with van der Waals surface area (Å²) in [7, 11) is 1.66. The number of hydrogen-bond acceptors (Lipinski definition) is 2. The van der Waals surface area contributed by atoms with E-state index < -0.39 is 5.82 Å². The number of amides is 2. The van der Waals surface area contributed by atoms with Crippen molar-refractivity contribution < 1.29 is 13.9 Å². The number of halogens is 1. The molecule has 0 heterocycles. The summed E-state index contributed by atoms with van der Waals surface area (Å²) >= 11 is 0. The van der Waals surface area contributed by atoms with Gasteiger partial charge in [0.1, 0.15) is 5.82 Å². The van der Waals surface area contributed by atoms with E-state index in [1.807, 2.05) is 37.3 Å². The molecule has 0 aromatic heterocycles. The van der Waals surface area contributed by atoms with Crippen LogP contribution in [0, 0.1) is 12.7 Å². The van der Waals surface area contributed by atoms with Crippen molar-refractivity contribution in [2.24, 2.45) is 0 Å². The molecule has 0 saturated heterocycles. The summed E-state index contributed by atoms with van der Waals surface area (Å²) in [4.78, 5) is 14.4. The Morgan fingerprint density at radius 2 is 1.92 bits per heavy atom. The van der Waals surface area contributed by atoms with Crippen molar-refractivity contribution >= 4 is 11.7 Å². The Hall–Kier alpha value is -2.40. The number of anilines is 1. The monoisotopic (exact) mass is 344 g/mol. The van der Waals surface area contributed by atoms with Crippen molar-refractivity contribution in [1.29, 1.82) is 0 Å². The maximum Gasteiger partial charge on any atom is 0.322 e. The summed E-state index contributed by atoms with van der Waals surface area (Å²) in [6.07, 6.45) is 1.69. The highest BCUT2D eigenvalue weighted by Crippen LogP contribution is 2.17. The fourth-order valence-corrected chi connectivity index (χ4v) is 2.53. The van der Waals surface area contributed by atoms with Gasteiger partial charge < -0.3 is 15.0 Å². The molecule has 0 spiro atoms. The minimum Gasteiger partial charge on any atom is -0.385 e. The molecule has 1 N–H and O–H groups in total. The lowest BCUT2D eigenvalue weighted by Gasteiger charge is -2.23. The molecule has 0 saturated carbocycles. The van der Waals surface area contributed by atoms with Crippen LogP contribution >= 0.6 is 0 Å². The Bertz CT molecular complexity index is 677. The van der Waals surface area contributed by atoms with Crippen molar-refractivity contribution in [3.63, 3.8) is 0 Å². The topological polar surface area (TPSA) is 41.6 Å². The molecule has 5 heteroatoms. The van der Waals surface area contributed by atoms with E-state index in [-0.39, 0.29) is 11.7 Å². The van der Waals surface area contributed by atoms with Crippen LogP contribution < -0.4 is 5.32 Å². The van der Waals surface area contributed by atoms with Crippen LogP contribution in [0.4, 0.5) is 14.9 Å². The molecular formula is C20H25FN2O2. The van der Waals surface area contributed by atoms with Gasteiger partial charge in [0, 0.05) is 26.8 Å². The average Bonchev–Trinajstić information content (AvgIpc) is 2.61. The highest BCUT2D eigenvalue weighted by Gasteiger charge is 2.15. The molecule has 2 aromatic rings. The number of carbonyl (C=O) groups is 1. The van der Waals surface area contributed by atoms with Crippen LogP contribution in [-0.4, -0.2) is 31.2 Å². The summed E-state index contributed by atoms with van der Waals surface area (Å²) in [5, 5.41) is 2.69. The van der Waals surface area contributed by atoms with E-state index in [2.05, 4.69) is 5.32 Å². The largest absolute Gasteiger partial charge is 0.385 e. The van der Waals surface area contributed by atoms with Crippen molar-refractivity contribution in [2.45, 2.75) is 26.3 Å².